The lowest BCUT2D eigenvalue weighted by atomic mass is 9.97. The van der Waals surface area contributed by atoms with E-state index in [1.54, 1.807) is 20.3 Å². The van der Waals surface area contributed by atoms with E-state index in [1.807, 2.05) is 43.4 Å². The van der Waals surface area contributed by atoms with E-state index in [0.717, 1.165) is 27.6 Å². The molecule has 0 fully saturated rings. The lowest BCUT2D eigenvalue weighted by Gasteiger charge is -2.14. The summed E-state index contributed by atoms with van der Waals surface area (Å²) in [6, 6.07) is 13.3. The van der Waals surface area contributed by atoms with Crippen LogP contribution in [0.1, 0.15) is 15.9 Å². The van der Waals surface area contributed by atoms with E-state index in [9.17, 15) is 4.79 Å². The zero-order valence-electron chi connectivity index (χ0n) is 15.6. The molecule has 1 N–H and O–H groups in total. The fourth-order valence-corrected chi connectivity index (χ4v) is 3.55. The predicted molar refractivity (Wildman–Crippen MR) is 105 cm³/mol. The van der Waals surface area contributed by atoms with Gasteiger partial charge in [-0.05, 0) is 60.5 Å². The van der Waals surface area contributed by atoms with Crippen LogP contribution in [-0.2, 0) is 0 Å². The summed E-state index contributed by atoms with van der Waals surface area (Å²) in [5, 5.41) is 4.97. The molecule has 5 heteroatoms. The molecule has 0 aliphatic heterocycles. The highest BCUT2D eigenvalue weighted by atomic mass is 16.5. The topological polar surface area (TPSA) is 56.8 Å². The van der Waals surface area contributed by atoms with Gasteiger partial charge in [-0.2, -0.15) is 0 Å². The Labute approximate surface area is 157 Å². The number of hydrogen-bond donors (Lipinski definition) is 1. The number of likely N-dealkylation sites (N-methyl/N-ethyl adjacent to an activating group) is 1. The van der Waals surface area contributed by atoms with Crippen molar-refractivity contribution in [1.82, 2.24) is 5.32 Å². The molecule has 1 aliphatic rings. The zero-order valence-corrected chi connectivity index (χ0v) is 15.6. The molecule has 0 heterocycles. The van der Waals surface area contributed by atoms with Crippen molar-refractivity contribution in [2.24, 2.45) is 0 Å². The van der Waals surface area contributed by atoms with Crippen LogP contribution in [0.4, 0.5) is 0 Å². The van der Waals surface area contributed by atoms with E-state index < -0.39 is 0 Å². The predicted octanol–water partition coefficient (Wildman–Crippen LogP) is 3.67. The summed E-state index contributed by atoms with van der Waals surface area (Å²) in [5.74, 6) is 2.10. The van der Waals surface area contributed by atoms with Gasteiger partial charge in [-0.3, -0.25) is 4.79 Å². The number of fused-ring (bicyclic) bond motifs is 5. The van der Waals surface area contributed by atoms with Crippen LogP contribution in [0, 0.1) is 0 Å². The second kappa shape index (κ2) is 6.93. The van der Waals surface area contributed by atoms with Crippen molar-refractivity contribution >= 4 is 16.6 Å². The molecular formula is C22H21NO4. The Bertz CT molecular complexity index is 1040. The van der Waals surface area contributed by atoms with E-state index in [2.05, 4.69) is 5.32 Å². The van der Waals surface area contributed by atoms with Crippen molar-refractivity contribution in [1.29, 1.82) is 0 Å². The Morgan fingerprint density at radius 2 is 1.59 bits per heavy atom. The van der Waals surface area contributed by atoms with Crippen LogP contribution in [0.15, 0.2) is 42.5 Å². The number of benzene rings is 3. The van der Waals surface area contributed by atoms with Gasteiger partial charge in [-0.15, -0.1) is 0 Å². The monoisotopic (exact) mass is 363 g/mol. The Morgan fingerprint density at radius 1 is 0.852 bits per heavy atom. The average molecular weight is 363 g/mol. The van der Waals surface area contributed by atoms with Gasteiger partial charge in [-0.25, -0.2) is 0 Å². The number of nitrogens with one attached hydrogen (secondary N) is 1. The third kappa shape index (κ3) is 2.80. The van der Waals surface area contributed by atoms with Gasteiger partial charge in [0, 0.05) is 28.6 Å². The van der Waals surface area contributed by atoms with Crippen LogP contribution in [0.5, 0.6) is 17.2 Å². The molecule has 0 bridgehead atoms. The van der Waals surface area contributed by atoms with Gasteiger partial charge in [0.25, 0.3) is 0 Å². The molecule has 27 heavy (non-hydrogen) atoms. The highest BCUT2D eigenvalue weighted by Crippen LogP contribution is 2.46. The number of hydrogen-bond acceptors (Lipinski definition) is 5. The number of carbonyl (C=O) groups excluding carboxylic acids is 1. The Balaban J connectivity index is 1.95. The molecule has 1 aliphatic carbocycles. The van der Waals surface area contributed by atoms with Crippen molar-refractivity contribution in [2.75, 3.05) is 34.4 Å². The smallest absolute Gasteiger partial charge is 0.194 e. The zero-order chi connectivity index (χ0) is 19.0. The third-order valence-electron chi connectivity index (χ3n) is 4.90. The molecule has 3 aromatic carbocycles. The largest absolute Gasteiger partial charge is 0.497 e. The number of ketones is 1. The second-order valence-corrected chi connectivity index (χ2v) is 6.40. The first-order valence-electron chi connectivity index (χ1n) is 8.83. The van der Waals surface area contributed by atoms with Crippen LogP contribution in [0.2, 0.25) is 0 Å². The maximum absolute atomic E-state index is 13.1. The van der Waals surface area contributed by atoms with E-state index >= 15 is 0 Å². The minimum atomic E-state index is -0.00455. The minimum absolute atomic E-state index is 0.00455. The average Bonchev–Trinajstić information content (AvgIpc) is 2.99. The second-order valence-electron chi connectivity index (χ2n) is 6.40. The highest BCUT2D eigenvalue weighted by molar-refractivity contribution is 6.26. The summed E-state index contributed by atoms with van der Waals surface area (Å²) >= 11 is 0. The van der Waals surface area contributed by atoms with Gasteiger partial charge in [0.2, 0.25) is 0 Å². The van der Waals surface area contributed by atoms with E-state index in [4.69, 9.17) is 14.2 Å². The van der Waals surface area contributed by atoms with Crippen LogP contribution in [-0.4, -0.2) is 40.2 Å². The third-order valence-corrected chi connectivity index (χ3v) is 4.90. The number of carbonyl (C=O) groups is 1. The van der Waals surface area contributed by atoms with Crippen molar-refractivity contribution in [3.8, 4) is 28.4 Å². The van der Waals surface area contributed by atoms with Gasteiger partial charge < -0.3 is 19.5 Å². The van der Waals surface area contributed by atoms with Crippen LogP contribution in [0.25, 0.3) is 21.9 Å². The van der Waals surface area contributed by atoms with Gasteiger partial charge in [0.15, 0.2) is 5.78 Å². The summed E-state index contributed by atoms with van der Waals surface area (Å²) in [5.41, 5.74) is 3.19. The Kier molecular flexibility index (Phi) is 4.46. The number of ether oxygens (including phenoxy) is 3. The summed E-state index contributed by atoms with van der Waals surface area (Å²) < 4.78 is 16.7. The summed E-state index contributed by atoms with van der Waals surface area (Å²) in [4.78, 5) is 13.1. The van der Waals surface area contributed by atoms with Crippen LogP contribution >= 0.6 is 0 Å². The van der Waals surface area contributed by atoms with Crippen molar-refractivity contribution in [3.05, 3.63) is 53.6 Å². The molecule has 0 amide bonds. The maximum atomic E-state index is 13.1. The van der Waals surface area contributed by atoms with Gasteiger partial charge in [0.1, 0.15) is 23.9 Å². The molecule has 5 nitrogen and oxygen atoms in total. The van der Waals surface area contributed by atoms with Crippen molar-refractivity contribution in [2.45, 2.75) is 0 Å². The molecule has 0 saturated carbocycles. The van der Waals surface area contributed by atoms with Crippen LogP contribution < -0.4 is 19.5 Å². The standard InChI is InChI=1S/C22H21NO4/c1-23-8-9-27-20-12-19-21(15-6-4-13(25-2)10-17(15)20)16-7-5-14(26-3)11-18(16)22(19)24/h4-7,10-12,23H,8-9H2,1-3H3. The lowest BCUT2D eigenvalue weighted by molar-refractivity contribution is 0.104. The SMILES string of the molecule is CNCCOc1cc2c(c3ccc(OC)cc13)-c1ccc(OC)cc1C2=O. The first-order valence-corrected chi connectivity index (χ1v) is 8.83. The van der Waals surface area contributed by atoms with Gasteiger partial charge in [0.05, 0.1) is 14.2 Å². The fraction of sp³-hybridized carbons (Fsp3) is 0.227. The molecule has 0 atom stereocenters. The quantitative estimate of drug-likeness (QED) is 0.530. The molecule has 0 unspecified atom stereocenters. The first kappa shape index (κ1) is 17.4. The lowest BCUT2D eigenvalue weighted by Crippen LogP contribution is -2.16. The van der Waals surface area contributed by atoms with E-state index in [-0.39, 0.29) is 5.78 Å². The maximum Gasteiger partial charge on any atom is 0.194 e. The summed E-state index contributed by atoms with van der Waals surface area (Å²) in [7, 11) is 5.12. The minimum Gasteiger partial charge on any atom is -0.497 e. The highest BCUT2D eigenvalue weighted by Gasteiger charge is 2.30. The number of rotatable bonds is 6. The summed E-state index contributed by atoms with van der Waals surface area (Å²) in [6.07, 6.45) is 0. The number of methoxy groups -OCH3 is 2. The van der Waals surface area contributed by atoms with Crippen LogP contribution in [0.3, 0.4) is 0 Å². The molecule has 138 valence electrons. The van der Waals surface area contributed by atoms with E-state index in [1.165, 1.54) is 0 Å². The van der Waals surface area contributed by atoms with Gasteiger partial charge >= 0.3 is 0 Å². The normalized spacial score (nSPS) is 12.0. The van der Waals surface area contributed by atoms with Crippen molar-refractivity contribution < 1.29 is 19.0 Å². The molecule has 0 spiro atoms. The van der Waals surface area contributed by atoms with Gasteiger partial charge in [-0.1, -0.05) is 0 Å². The Hall–Kier alpha value is -3.05. The van der Waals surface area contributed by atoms with E-state index in [0.29, 0.717) is 35.8 Å². The molecule has 0 saturated heterocycles. The first-order chi connectivity index (χ1) is 13.2. The molecular weight excluding hydrogens is 342 g/mol. The molecule has 0 aromatic heterocycles. The summed E-state index contributed by atoms with van der Waals surface area (Å²) in [6.45, 7) is 1.23. The fourth-order valence-electron chi connectivity index (χ4n) is 3.55. The molecule has 4 rings (SSSR count). The Morgan fingerprint density at radius 3 is 2.33 bits per heavy atom. The molecule has 0 radical (unpaired) electrons. The molecule has 3 aromatic rings. The van der Waals surface area contributed by atoms with Crippen molar-refractivity contribution in [3.63, 3.8) is 0 Å².